The molecule has 1 amide bonds. The van der Waals surface area contributed by atoms with Gasteiger partial charge in [-0.1, -0.05) is 6.07 Å². The van der Waals surface area contributed by atoms with Crippen molar-refractivity contribution in [3.05, 3.63) is 58.9 Å². The highest BCUT2D eigenvalue weighted by Gasteiger charge is 2.24. The summed E-state index contributed by atoms with van der Waals surface area (Å²) in [6.07, 6.45) is 1.79. The lowest BCUT2D eigenvalue weighted by molar-refractivity contribution is 0.0827. The van der Waals surface area contributed by atoms with E-state index in [1.54, 1.807) is 45.5 Å². The summed E-state index contributed by atoms with van der Waals surface area (Å²) in [6, 6.07) is 10.2. The number of nitrogens with zero attached hydrogens (tertiary/aromatic N) is 1. The van der Waals surface area contributed by atoms with Crippen LogP contribution in [0.1, 0.15) is 33.9 Å². The van der Waals surface area contributed by atoms with Gasteiger partial charge in [-0.3, -0.25) is 4.79 Å². The third-order valence-corrected chi connectivity index (χ3v) is 4.37. The Kier molecular flexibility index (Phi) is 4.42. The molecule has 126 valence electrons. The van der Waals surface area contributed by atoms with Gasteiger partial charge >= 0.3 is 0 Å². The zero-order chi connectivity index (χ0) is 17.3. The number of fused-ring (bicyclic) bond motifs is 1. The minimum Gasteiger partial charge on any atom is -0.495 e. The largest absolute Gasteiger partial charge is 0.495 e. The molecule has 2 aromatic carbocycles. The summed E-state index contributed by atoms with van der Waals surface area (Å²) in [5.41, 5.74) is 3.46. The first-order valence-corrected chi connectivity index (χ1v) is 7.94. The van der Waals surface area contributed by atoms with Gasteiger partial charge in [-0.2, -0.15) is 0 Å². The van der Waals surface area contributed by atoms with Crippen molar-refractivity contribution in [2.75, 3.05) is 26.5 Å². The van der Waals surface area contributed by atoms with Crippen molar-refractivity contribution in [1.82, 2.24) is 4.90 Å². The van der Waals surface area contributed by atoms with Crippen LogP contribution in [0, 0.1) is 5.82 Å². The molecule has 0 heterocycles. The van der Waals surface area contributed by atoms with Crippen molar-refractivity contribution < 1.29 is 13.9 Å². The van der Waals surface area contributed by atoms with Crippen LogP contribution in [0.2, 0.25) is 0 Å². The van der Waals surface area contributed by atoms with Crippen LogP contribution >= 0.6 is 0 Å². The molecule has 1 atom stereocenters. The first-order chi connectivity index (χ1) is 11.5. The predicted molar refractivity (Wildman–Crippen MR) is 92.1 cm³/mol. The Morgan fingerprint density at radius 1 is 1.25 bits per heavy atom. The SMILES string of the molecule is COc1ccc(C(=O)N(C)C)cc1N[C@@H]1CCc2ccc(F)cc21. The second kappa shape index (κ2) is 6.51. The Hall–Kier alpha value is -2.56. The topological polar surface area (TPSA) is 41.6 Å². The van der Waals surface area contributed by atoms with Gasteiger partial charge in [0.15, 0.2) is 0 Å². The number of halogens is 1. The van der Waals surface area contributed by atoms with Gasteiger partial charge in [0.25, 0.3) is 5.91 Å². The Bertz CT molecular complexity index is 774. The Morgan fingerprint density at radius 3 is 2.75 bits per heavy atom. The fraction of sp³-hybridized carbons (Fsp3) is 0.316. The van der Waals surface area contributed by atoms with Gasteiger partial charge in [0.1, 0.15) is 11.6 Å². The van der Waals surface area contributed by atoms with Crippen molar-refractivity contribution in [1.29, 1.82) is 0 Å². The first-order valence-electron chi connectivity index (χ1n) is 7.94. The van der Waals surface area contributed by atoms with E-state index in [1.165, 1.54) is 11.0 Å². The number of amides is 1. The summed E-state index contributed by atoms with van der Waals surface area (Å²) < 4.78 is 19.0. The molecule has 0 aliphatic heterocycles. The molecule has 0 saturated heterocycles. The third-order valence-electron chi connectivity index (χ3n) is 4.37. The van der Waals surface area contributed by atoms with Crippen LogP contribution in [0.15, 0.2) is 36.4 Å². The molecule has 0 unspecified atom stereocenters. The average molecular weight is 328 g/mol. The Balaban J connectivity index is 1.91. The summed E-state index contributed by atoms with van der Waals surface area (Å²) in [7, 11) is 5.03. The number of carbonyl (C=O) groups is 1. The van der Waals surface area contributed by atoms with Crippen LogP contribution in [0.25, 0.3) is 0 Å². The molecular formula is C19H21FN2O2. The number of carbonyl (C=O) groups excluding carboxylic acids is 1. The van der Waals surface area contributed by atoms with Gasteiger partial charge in [0.2, 0.25) is 0 Å². The lowest BCUT2D eigenvalue weighted by atomic mass is 10.1. The number of methoxy groups -OCH3 is 1. The van der Waals surface area contributed by atoms with E-state index in [4.69, 9.17) is 4.74 Å². The molecule has 24 heavy (non-hydrogen) atoms. The molecule has 0 fully saturated rings. The molecule has 5 heteroatoms. The lowest BCUT2D eigenvalue weighted by Gasteiger charge is -2.19. The highest BCUT2D eigenvalue weighted by atomic mass is 19.1. The van der Waals surface area contributed by atoms with Gasteiger partial charge in [-0.25, -0.2) is 4.39 Å². The van der Waals surface area contributed by atoms with Crippen molar-refractivity contribution in [2.24, 2.45) is 0 Å². The van der Waals surface area contributed by atoms with Crippen LogP contribution in [0.3, 0.4) is 0 Å². The maximum atomic E-state index is 13.6. The fourth-order valence-corrected chi connectivity index (χ4v) is 3.12. The smallest absolute Gasteiger partial charge is 0.253 e. The number of benzene rings is 2. The molecule has 0 bridgehead atoms. The molecule has 2 aromatic rings. The fourth-order valence-electron chi connectivity index (χ4n) is 3.12. The van der Waals surface area contributed by atoms with E-state index in [1.807, 2.05) is 6.07 Å². The molecule has 0 radical (unpaired) electrons. The third kappa shape index (κ3) is 3.07. The Labute approximate surface area is 141 Å². The summed E-state index contributed by atoms with van der Waals surface area (Å²) in [5, 5.41) is 3.42. The molecule has 0 saturated carbocycles. The van der Waals surface area contributed by atoms with Gasteiger partial charge in [0.05, 0.1) is 18.8 Å². The van der Waals surface area contributed by atoms with E-state index in [2.05, 4.69) is 5.32 Å². The number of aryl methyl sites for hydroxylation is 1. The van der Waals surface area contributed by atoms with Crippen LogP contribution in [-0.2, 0) is 6.42 Å². The molecule has 1 N–H and O–H groups in total. The predicted octanol–water partition coefficient (Wildman–Crippen LogP) is 3.64. The van der Waals surface area contributed by atoms with Gasteiger partial charge in [-0.15, -0.1) is 0 Å². The van der Waals surface area contributed by atoms with Gasteiger partial charge < -0.3 is 15.0 Å². The zero-order valence-electron chi connectivity index (χ0n) is 14.1. The molecule has 0 aromatic heterocycles. The number of hydrogen-bond acceptors (Lipinski definition) is 3. The number of anilines is 1. The first kappa shape index (κ1) is 16.3. The van der Waals surface area contributed by atoms with E-state index in [0.29, 0.717) is 11.3 Å². The Morgan fingerprint density at radius 2 is 2.04 bits per heavy atom. The van der Waals surface area contributed by atoms with Crippen molar-refractivity contribution in [3.8, 4) is 5.75 Å². The molecule has 0 spiro atoms. The molecular weight excluding hydrogens is 307 g/mol. The van der Waals surface area contributed by atoms with Crippen LogP contribution in [0.4, 0.5) is 10.1 Å². The maximum absolute atomic E-state index is 13.6. The highest BCUT2D eigenvalue weighted by molar-refractivity contribution is 5.95. The molecule has 3 rings (SSSR count). The van der Waals surface area contributed by atoms with E-state index in [-0.39, 0.29) is 17.8 Å². The maximum Gasteiger partial charge on any atom is 0.253 e. The van der Waals surface area contributed by atoms with E-state index < -0.39 is 0 Å². The second-order valence-electron chi connectivity index (χ2n) is 6.19. The lowest BCUT2D eigenvalue weighted by Crippen LogP contribution is -2.21. The van der Waals surface area contributed by atoms with Crippen LogP contribution < -0.4 is 10.1 Å². The summed E-state index contributed by atoms with van der Waals surface area (Å²) in [4.78, 5) is 13.7. The number of hydrogen-bond donors (Lipinski definition) is 1. The summed E-state index contributed by atoms with van der Waals surface area (Å²) in [5.74, 6) is 0.361. The summed E-state index contributed by atoms with van der Waals surface area (Å²) in [6.45, 7) is 0. The average Bonchev–Trinajstić information content (AvgIpc) is 2.96. The number of rotatable bonds is 4. The standard InChI is InChI=1S/C19H21FN2O2/c1-22(2)19(23)13-6-9-18(24-3)17(10-13)21-16-8-5-12-4-7-14(20)11-15(12)16/h4,6-7,9-11,16,21H,5,8H2,1-3H3/t16-/m1/s1. The van der Waals surface area contributed by atoms with Crippen molar-refractivity contribution in [3.63, 3.8) is 0 Å². The van der Waals surface area contributed by atoms with Crippen LogP contribution in [0.5, 0.6) is 5.75 Å². The zero-order valence-corrected chi connectivity index (χ0v) is 14.1. The second-order valence-corrected chi connectivity index (χ2v) is 6.19. The van der Waals surface area contributed by atoms with Gasteiger partial charge in [0, 0.05) is 19.7 Å². The van der Waals surface area contributed by atoms with Gasteiger partial charge in [-0.05, 0) is 54.3 Å². The normalized spacial score (nSPS) is 15.8. The number of ether oxygens (including phenoxy) is 1. The van der Waals surface area contributed by atoms with Crippen molar-refractivity contribution >= 4 is 11.6 Å². The monoisotopic (exact) mass is 328 g/mol. The minimum atomic E-state index is -0.231. The summed E-state index contributed by atoms with van der Waals surface area (Å²) >= 11 is 0. The number of nitrogens with one attached hydrogen (secondary N) is 1. The van der Waals surface area contributed by atoms with E-state index >= 15 is 0 Å². The van der Waals surface area contributed by atoms with Crippen LogP contribution in [-0.4, -0.2) is 32.0 Å². The quantitative estimate of drug-likeness (QED) is 0.932. The molecule has 1 aliphatic rings. The van der Waals surface area contributed by atoms with E-state index in [9.17, 15) is 9.18 Å². The van der Waals surface area contributed by atoms with E-state index in [0.717, 1.165) is 29.7 Å². The molecule has 4 nitrogen and oxygen atoms in total. The molecule has 1 aliphatic carbocycles. The minimum absolute atomic E-state index is 0.00862. The highest BCUT2D eigenvalue weighted by Crippen LogP contribution is 2.37. The van der Waals surface area contributed by atoms with Crippen molar-refractivity contribution in [2.45, 2.75) is 18.9 Å².